The predicted octanol–water partition coefficient (Wildman–Crippen LogP) is 1.91. The molecular formula is C9H7ClO5. The number of rotatable bonds is 3. The lowest BCUT2D eigenvalue weighted by Gasteiger charge is -2.00. The summed E-state index contributed by atoms with van der Waals surface area (Å²) in [6, 6.07) is 6.04. The van der Waals surface area contributed by atoms with Crippen molar-refractivity contribution in [1.29, 1.82) is 0 Å². The van der Waals surface area contributed by atoms with Crippen LogP contribution in [-0.4, -0.2) is 11.9 Å². The van der Waals surface area contributed by atoms with Crippen LogP contribution in [0.1, 0.15) is 17.3 Å². The third-order valence-corrected chi connectivity index (χ3v) is 1.56. The van der Waals surface area contributed by atoms with Gasteiger partial charge >= 0.3 is 11.9 Å². The van der Waals surface area contributed by atoms with Crippen LogP contribution < -0.4 is 0 Å². The highest BCUT2D eigenvalue weighted by atomic mass is 35.5. The Morgan fingerprint density at radius 2 is 2.00 bits per heavy atom. The van der Waals surface area contributed by atoms with Gasteiger partial charge in [-0.25, -0.2) is 9.59 Å². The van der Waals surface area contributed by atoms with Crippen molar-refractivity contribution < 1.29 is 24.4 Å². The van der Waals surface area contributed by atoms with E-state index < -0.39 is 11.9 Å². The van der Waals surface area contributed by atoms with E-state index in [0.29, 0.717) is 5.02 Å². The summed E-state index contributed by atoms with van der Waals surface area (Å²) < 4.78 is 0. The lowest BCUT2D eigenvalue weighted by atomic mass is 10.2. The van der Waals surface area contributed by atoms with Crippen molar-refractivity contribution in [1.82, 2.24) is 0 Å². The van der Waals surface area contributed by atoms with E-state index in [1.54, 1.807) is 12.1 Å². The van der Waals surface area contributed by atoms with E-state index in [1.807, 2.05) is 0 Å². The summed E-state index contributed by atoms with van der Waals surface area (Å²) in [6.07, 6.45) is 0. The smallest absolute Gasteiger partial charge is 0.260 e. The van der Waals surface area contributed by atoms with Crippen LogP contribution in [0.3, 0.4) is 0 Å². The monoisotopic (exact) mass is 230 g/mol. The van der Waals surface area contributed by atoms with Gasteiger partial charge < -0.3 is 0 Å². The quantitative estimate of drug-likeness (QED) is 0.586. The van der Waals surface area contributed by atoms with Crippen molar-refractivity contribution in [2.24, 2.45) is 0 Å². The fourth-order valence-electron chi connectivity index (χ4n) is 0.759. The first-order valence-electron chi connectivity index (χ1n) is 3.91. The van der Waals surface area contributed by atoms with Gasteiger partial charge in [0.25, 0.3) is 0 Å². The van der Waals surface area contributed by atoms with Crippen LogP contribution in [-0.2, 0) is 19.6 Å². The number of benzene rings is 1. The zero-order valence-corrected chi connectivity index (χ0v) is 8.48. The molecule has 0 aliphatic heterocycles. The fraction of sp³-hybridized carbons (Fsp3) is 0.111. The minimum Gasteiger partial charge on any atom is -0.260 e. The minimum atomic E-state index is -0.807. The van der Waals surface area contributed by atoms with Crippen LogP contribution in [0.4, 0.5) is 0 Å². The van der Waals surface area contributed by atoms with Crippen molar-refractivity contribution >= 4 is 23.5 Å². The zero-order chi connectivity index (χ0) is 11.3. The van der Waals surface area contributed by atoms with Crippen LogP contribution in [0, 0.1) is 0 Å². The molecule has 0 saturated heterocycles. The number of carbonyl (C=O) groups excluding carboxylic acids is 2. The van der Waals surface area contributed by atoms with Crippen LogP contribution in [0.5, 0.6) is 0 Å². The highest BCUT2D eigenvalue weighted by Crippen LogP contribution is 2.11. The van der Waals surface area contributed by atoms with E-state index in [-0.39, 0.29) is 5.56 Å². The molecule has 0 fully saturated rings. The molecule has 0 bridgehead atoms. The molecule has 5 nitrogen and oxygen atoms in total. The second kappa shape index (κ2) is 5.33. The van der Waals surface area contributed by atoms with Gasteiger partial charge in [0, 0.05) is 17.0 Å². The van der Waals surface area contributed by atoms with E-state index in [1.165, 1.54) is 12.1 Å². The number of carbonyl (C=O) groups is 2. The normalized spacial score (nSPS) is 9.47. The van der Waals surface area contributed by atoms with Gasteiger partial charge in [0.05, 0.1) is 5.56 Å². The predicted molar refractivity (Wildman–Crippen MR) is 49.7 cm³/mol. The molecule has 1 aromatic carbocycles. The molecule has 1 rings (SSSR count). The molecule has 0 radical (unpaired) electrons. The molecule has 0 aliphatic rings. The topological polar surface area (TPSA) is 61.8 Å². The van der Waals surface area contributed by atoms with Crippen LogP contribution in [0.15, 0.2) is 24.3 Å². The molecule has 15 heavy (non-hydrogen) atoms. The van der Waals surface area contributed by atoms with Gasteiger partial charge in [-0.2, -0.15) is 0 Å². The lowest BCUT2D eigenvalue weighted by molar-refractivity contribution is -0.452. The molecule has 0 unspecified atom stereocenters. The summed E-state index contributed by atoms with van der Waals surface area (Å²) >= 11 is 5.64. The summed E-state index contributed by atoms with van der Waals surface area (Å²) in [5.74, 6) is -1.53. The summed E-state index contributed by atoms with van der Waals surface area (Å²) in [6.45, 7) is 1.10. The van der Waals surface area contributed by atoms with Gasteiger partial charge in [-0.15, -0.1) is 0 Å². The van der Waals surface area contributed by atoms with Gasteiger partial charge in [0.15, 0.2) is 0 Å². The number of hydrogen-bond donors (Lipinski definition) is 0. The van der Waals surface area contributed by atoms with Crippen molar-refractivity contribution in [3.8, 4) is 0 Å². The van der Waals surface area contributed by atoms with E-state index in [9.17, 15) is 9.59 Å². The Kier molecular flexibility index (Phi) is 4.08. The molecular weight excluding hydrogens is 224 g/mol. The Hall–Kier alpha value is -1.59. The van der Waals surface area contributed by atoms with Gasteiger partial charge in [-0.3, -0.25) is 9.78 Å². The van der Waals surface area contributed by atoms with E-state index in [4.69, 9.17) is 11.6 Å². The van der Waals surface area contributed by atoms with Crippen LogP contribution >= 0.6 is 11.6 Å². The van der Waals surface area contributed by atoms with Crippen molar-refractivity contribution in [3.63, 3.8) is 0 Å². The molecule has 80 valence electrons. The second-order valence-electron chi connectivity index (χ2n) is 2.52. The number of halogens is 1. The molecule has 0 spiro atoms. The summed E-state index contributed by atoms with van der Waals surface area (Å²) in [7, 11) is 0. The average Bonchev–Trinajstić information content (AvgIpc) is 2.17. The maximum absolute atomic E-state index is 11.2. The first-order valence-corrected chi connectivity index (χ1v) is 4.29. The summed E-state index contributed by atoms with van der Waals surface area (Å²) in [5, 5.41) is 4.30. The highest BCUT2D eigenvalue weighted by Gasteiger charge is 2.09. The van der Waals surface area contributed by atoms with E-state index in [2.05, 4.69) is 14.8 Å². The zero-order valence-electron chi connectivity index (χ0n) is 7.73. The Balaban J connectivity index is 2.50. The van der Waals surface area contributed by atoms with Crippen molar-refractivity contribution in [3.05, 3.63) is 34.9 Å². The first kappa shape index (κ1) is 11.5. The fourth-order valence-corrected chi connectivity index (χ4v) is 0.950. The minimum absolute atomic E-state index is 0.189. The Labute approximate surface area is 90.4 Å². The first-order chi connectivity index (χ1) is 7.09. The van der Waals surface area contributed by atoms with Gasteiger partial charge in [0.1, 0.15) is 0 Å². The molecule has 0 amide bonds. The van der Waals surface area contributed by atoms with Crippen molar-refractivity contribution in [2.45, 2.75) is 6.92 Å². The molecule has 0 heterocycles. The summed E-state index contributed by atoms with van der Waals surface area (Å²) in [5.41, 5.74) is 0.189. The second-order valence-corrected chi connectivity index (χ2v) is 2.96. The lowest BCUT2D eigenvalue weighted by Crippen LogP contribution is -2.08. The average molecular weight is 231 g/mol. The third kappa shape index (κ3) is 3.97. The maximum atomic E-state index is 11.2. The SMILES string of the molecule is CC(=O)OOOC(=O)c1cccc(Cl)c1. The highest BCUT2D eigenvalue weighted by molar-refractivity contribution is 6.30. The van der Waals surface area contributed by atoms with Gasteiger partial charge in [-0.05, 0) is 18.2 Å². The summed E-state index contributed by atoms with van der Waals surface area (Å²) in [4.78, 5) is 29.5. The molecule has 0 aromatic heterocycles. The van der Waals surface area contributed by atoms with Gasteiger partial charge in [0.2, 0.25) is 0 Å². The van der Waals surface area contributed by atoms with E-state index in [0.717, 1.165) is 6.92 Å². The van der Waals surface area contributed by atoms with Crippen LogP contribution in [0.2, 0.25) is 5.02 Å². The molecule has 0 aliphatic carbocycles. The maximum Gasteiger partial charge on any atom is 0.377 e. The van der Waals surface area contributed by atoms with Crippen LogP contribution in [0.25, 0.3) is 0 Å². The van der Waals surface area contributed by atoms with Crippen molar-refractivity contribution in [2.75, 3.05) is 0 Å². The largest absolute Gasteiger partial charge is 0.377 e. The Bertz CT molecular complexity index is 377. The molecule has 6 heteroatoms. The molecule has 0 saturated carbocycles. The van der Waals surface area contributed by atoms with E-state index >= 15 is 0 Å². The molecule has 1 aromatic rings. The third-order valence-electron chi connectivity index (χ3n) is 1.32. The Morgan fingerprint density at radius 3 is 2.60 bits per heavy atom. The number of hydrogen-bond acceptors (Lipinski definition) is 5. The standard InChI is InChI=1S/C9H7ClO5/c1-6(11)13-15-14-9(12)7-3-2-4-8(10)5-7/h2-5H,1H3. The molecule has 0 atom stereocenters. The van der Waals surface area contributed by atoms with Gasteiger partial charge in [-0.1, -0.05) is 17.7 Å². The Morgan fingerprint density at radius 1 is 1.27 bits per heavy atom. The molecule has 0 N–H and O–H groups in total.